The molecule has 4 rings (SSSR count). The van der Waals surface area contributed by atoms with Gasteiger partial charge in [-0.05, 0) is 32.0 Å². The molecule has 6 nitrogen and oxygen atoms in total. The van der Waals surface area contributed by atoms with Gasteiger partial charge in [0, 0.05) is 11.9 Å². The summed E-state index contributed by atoms with van der Waals surface area (Å²) in [6, 6.07) is 5.74. The van der Waals surface area contributed by atoms with Crippen molar-refractivity contribution in [1.82, 2.24) is 20.4 Å². The van der Waals surface area contributed by atoms with Gasteiger partial charge >= 0.3 is 0 Å². The number of aromatic nitrogens is 2. The van der Waals surface area contributed by atoms with Gasteiger partial charge in [0.05, 0.1) is 36.0 Å². The molecule has 0 radical (unpaired) electrons. The summed E-state index contributed by atoms with van der Waals surface area (Å²) in [6.07, 6.45) is 3.68. The van der Waals surface area contributed by atoms with Crippen LogP contribution in [0.25, 0.3) is 10.9 Å². The first kappa shape index (κ1) is 13.7. The fraction of sp³-hybridized carbons (Fsp3) is 0.500. The number of carbonyl (C=O) groups excluding carboxylic acids is 1. The van der Waals surface area contributed by atoms with Crippen LogP contribution in [0, 0.1) is 0 Å². The van der Waals surface area contributed by atoms with E-state index in [0.29, 0.717) is 25.3 Å². The van der Waals surface area contributed by atoms with Crippen molar-refractivity contribution in [2.75, 3.05) is 32.8 Å². The van der Waals surface area contributed by atoms with E-state index in [1.54, 1.807) is 6.20 Å². The van der Waals surface area contributed by atoms with E-state index in [0.717, 1.165) is 36.8 Å². The molecule has 0 saturated carbocycles. The van der Waals surface area contributed by atoms with Crippen molar-refractivity contribution in [2.45, 2.75) is 18.4 Å². The summed E-state index contributed by atoms with van der Waals surface area (Å²) in [7, 11) is 0. The summed E-state index contributed by atoms with van der Waals surface area (Å²) in [5, 5.41) is 11.3. The van der Waals surface area contributed by atoms with Crippen molar-refractivity contribution in [2.24, 2.45) is 0 Å². The van der Waals surface area contributed by atoms with E-state index in [1.807, 2.05) is 23.1 Å². The number of nitrogens with zero attached hydrogens (tertiary/aromatic N) is 2. The van der Waals surface area contributed by atoms with E-state index in [2.05, 4.69) is 15.5 Å². The van der Waals surface area contributed by atoms with Gasteiger partial charge in [0.2, 0.25) is 0 Å². The SMILES string of the molecule is O=C(c1cccc2cn[nH]c12)N1CCOC2(CCNCC2)C1. The number of hydrogen-bond donors (Lipinski definition) is 2. The van der Waals surface area contributed by atoms with Gasteiger partial charge in [-0.2, -0.15) is 5.10 Å². The lowest BCUT2D eigenvalue weighted by Crippen LogP contribution is -2.57. The molecule has 2 aromatic rings. The molecule has 2 saturated heterocycles. The molecule has 1 aromatic heterocycles. The van der Waals surface area contributed by atoms with Crippen LogP contribution in [0.5, 0.6) is 0 Å². The number of piperidine rings is 1. The minimum atomic E-state index is -0.166. The van der Waals surface area contributed by atoms with Crippen LogP contribution in [0.4, 0.5) is 0 Å². The Morgan fingerprint density at radius 2 is 2.18 bits per heavy atom. The molecule has 2 fully saturated rings. The molecule has 1 spiro atoms. The number of fused-ring (bicyclic) bond motifs is 1. The van der Waals surface area contributed by atoms with Crippen molar-refractivity contribution < 1.29 is 9.53 Å². The highest BCUT2D eigenvalue weighted by Crippen LogP contribution is 2.29. The van der Waals surface area contributed by atoms with Crippen LogP contribution in [0.3, 0.4) is 0 Å². The number of carbonyl (C=O) groups is 1. The molecular formula is C16H20N4O2. The van der Waals surface area contributed by atoms with Crippen LogP contribution in [0.1, 0.15) is 23.2 Å². The molecule has 116 valence electrons. The van der Waals surface area contributed by atoms with Crippen molar-refractivity contribution in [1.29, 1.82) is 0 Å². The number of ether oxygens (including phenoxy) is 1. The minimum absolute atomic E-state index is 0.0658. The third-order valence-electron chi connectivity index (χ3n) is 4.76. The molecule has 0 aliphatic carbocycles. The molecule has 2 aliphatic rings. The molecule has 2 N–H and O–H groups in total. The molecule has 0 atom stereocenters. The second kappa shape index (κ2) is 5.37. The van der Waals surface area contributed by atoms with Gasteiger partial charge in [0.25, 0.3) is 5.91 Å². The van der Waals surface area contributed by atoms with Gasteiger partial charge in [0.1, 0.15) is 0 Å². The maximum absolute atomic E-state index is 12.9. The lowest BCUT2D eigenvalue weighted by molar-refractivity contribution is -0.114. The molecule has 6 heteroatoms. The normalized spacial score (nSPS) is 21.4. The van der Waals surface area contributed by atoms with Gasteiger partial charge in [-0.1, -0.05) is 12.1 Å². The highest BCUT2D eigenvalue weighted by molar-refractivity contribution is 6.05. The Morgan fingerprint density at radius 3 is 3.05 bits per heavy atom. The Kier molecular flexibility index (Phi) is 3.35. The molecule has 3 heterocycles. The maximum atomic E-state index is 12.9. The second-order valence-electron chi connectivity index (χ2n) is 6.15. The van der Waals surface area contributed by atoms with Crippen LogP contribution in [0.2, 0.25) is 0 Å². The topological polar surface area (TPSA) is 70.2 Å². The van der Waals surface area contributed by atoms with E-state index in [4.69, 9.17) is 4.74 Å². The summed E-state index contributed by atoms with van der Waals surface area (Å²) in [6.45, 7) is 3.86. The quantitative estimate of drug-likeness (QED) is 0.829. The van der Waals surface area contributed by atoms with Gasteiger partial charge in [0.15, 0.2) is 0 Å². The molecule has 1 aromatic carbocycles. The first-order valence-corrected chi connectivity index (χ1v) is 7.84. The van der Waals surface area contributed by atoms with E-state index in [1.165, 1.54) is 0 Å². The summed E-state index contributed by atoms with van der Waals surface area (Å²) in [5.74, 6) is 0.0658. The smallest absolute Gasteiger partial charge is 0.256 e. The standard InChI is InChI=1S/C16H20N4O2/c21-15(13-3-1-2-12-10-18-19-14(12)13)20-8-9-22-16(11-20)4-6-17-7-5-16/h1-3,10,17H,4-9,11H2,(H,18,19). The van der Waals surface area contributed by atoms with Gasteiger partial charge in [-0.25, -0.2) is 0 Å². The molecule has 2 aliphatic heterocycles. The van der Waals surface area contributed by atoms with Crippen molar-refractivity contribution in [3.05, 3.63) is 30.0 Å². The summed E-state index contributed by atoms with van der Waals surface area (Å²) in [5.41, 5.74) is 1.35. The van der Waals surface area contributed by atoms with Gasteiger partial charge < -0.3 is 15.0 Å². The van der Waals surface area contributed by atoms with Crippen molar-refractivity contribution >= 4 is 16.8 Å². The van der Waals surface area contributed by atoms with Crippen LogP contribution < -0.4 is 5.32 Å². The number of hydrogen-bond acceptors (Lipinski definition) is 4. The summed E-state index contributed by atoms with van der Waals surface area (Å²) >= 11 is 0. The van der Waals surface area contributed by atoms with Gasteiger partial charge in [-0.15, -0.1) is 0 Å². The van der Waals surface area contributed by atoms with Crippen LogP contribution in [-0.4, -0.2) is 59.4 Å². The van der Waals surface area contributed by atoms with Gasteiger partial charge in [-0.3, -0.25) is 9.89 Å². The number of aromatic amines is 1. The average Bonchev–Trinajstić information content (AvgIpc) is 3.03. The summed E-state index contributed by atoms with van der Waals surface area (Å²) < 4.78 is 6.04. The number of nitrogens with one attached hydrogen (secondary N) is 2. The van der Waals surface area contributed by atoms with E-state index < -0.39 is 0 Å². The molecule has 22 heavy (non-hydrogen) atoms. The Labute approximate surface area is 128 Å². The minimum Gasteiger partial charge on any atom is -0.371 e. The largest absolute Gasteiger partial charge is 0.371 e. The number of benzene rings is 1. The highest BCUT2D eigenvalue weighted by Gasteiger charge is 2.39. The third-order valence-corrected chi connectivity index (χ3v) is 4.76. The second-order valence-corrected chi connectivity index (χ2v) is 6.15. The molecule has 0 bridgehead atoms. The third kappa shape index (κ3) is 2.28. The first-order valence-electron chi connectivity index (χ1n) is 7.84. The zero-order valence-corrected chi connectivity index (χ0v) is 12.5. The van der Waals surface area contributed by atoms with Crippen molar-refractivity contribution in [3.8, 4) is 0 Å². The first-order chi connectivity index (χ1) is 10.8. The monoisotopic (exact) mass is 300 g/mol. The number of para-hydroxylation sites is 1. The number of rotatable bonds is 1. The Morgan fingerprint density at radius 1 is 1.32 bits per heavy atom. The van der Waals surface area contributed by atoms with E-state index >= 15 is 0 Å². The zero-order chi connectivity index (χ0) is 15.0. The predicted molar refractivity (Wildman–Crippen MR) is 82.8 cm³/mol. The molecule has 0 unspecified atom stereocenters. The molecular weight excluding hydrogens is 280 g/mol. The lowest BCUT2D eigenvalue weighted by Gasteiger charge is -2.45. The van der Waals surface area contributed by atoms with E-state index in [9.17, 15) is 4.79 Å². The van der Waals surface area contributed by atoms with Crippen molar-refractivity contribution in [3.63, 3.8) is 0 Å². The highest BCUT2D eigenvalue weighted by atomic mass is 16.5. The maximum Gasteiger partial charge on any atom is 0.256 e. The summed E-state index contributed by atoms with van der Waals surface area (Å²) in [4.78, 5) is 14.9. The number of morpholine rings is 1. The van der Waals surface area contributed by atoms with E-state index in [-0.39, 0.29) is 11.5 Å². The fourth-order valence-corrected chi connectivity index (χ4v) is 3.52. The Hall–Kier alpha value is -1.92. The van der Waals surface area contributed by atoms with Crippen LogP contribution >= 0.6 is 0 Å². The predicted octanol–water partition coefficient (Wildman–Crippen LogP) is 1.16. The van der Waals surface area contributed by atoms with Crippen LogP contribution in [0.15, 0.2) is 24.4 Å². The fourth-order valence-electron chi connectivity index (χ4n) is 3.52. The lowest BCUT2D eigenvalue weighted by atomic mass is 9.90. The number of amides is 1. The average molecular weight is 300 g/mol. The Balaban J connectivity index is 1.61. The number of H-pyrrole nitrogens is 1. The molecule has 1 amide bonds. The van der Waals surface area contributed by atoms with Crippen LogP contribution in [-0.2, 0) is 4.74 Å². The zero-order valence-electron chi connectivity index (χ0n) is 12.5. The Bertz CT molecular complexity index is 685.